The molecule has 0 rings (SSSR count). The quantitative estimate of drug-likeness (QED) is 0.629. The first-order valence-electron chi connectivity index (χ1n) is 3.87. The lowest BCUT2D eigenvalue weighted by molar-refractivity contribution is -0.109. The van der Waals surface area contributed by atoms with E-state index in [9.17, 15) is 4.79 Å². The monoisotopic (exact) mass is 160 g/mol. The molecule has 0 saturated heterocycles. The van der Waals surface area contributed by atoms with Crippen LogP contribution in [0.4, 0.5) is 0 Å². The van der Waals surface area contributed by atoms with Crippen LogP contribution in [0.1, 0.15) is 40.0 Å². The summed E-state index contributed by atoms with van der Waals surface area (Å²) in [6, 6.07) is 0. The largest absolute Gasteiger partial charge is 0.288 e. The molecule has 0 saturated carbocycles. The first-order chi connectivity index (χ1) is 4.70. The molecule has 0 aromatic carbocycles. The maximum absolute atomic E-state index is 10.7. The highest BCUT2D eigenvalue weighted by atomic mass is 32.2. The maximum Gasteiger partial charge on any atom is 0.186 e. The molecule has 0 aliphatic carbocycles. The van der Waals surface area contributed by atoms with Gasteiger partial charge in [-0.15, -0.1) is 0 Å². The second-order valence-corrected chi connectivity index (χ2v) is 3.91. The van der Waals surface area contributed by atoms with E-state index in [1.165, 1.54) is 24.6 Å². The number of hydrogen-bond donors (Lipinski definition) is 0. The van der Waals surface area contributed by atoms with Crippen LogP contribution in [-0.4, -0.2) is 10.4 Å². The Kier molecular flexibility index (Phi) is 5.79. The summed E-state index contributed by atoms with van der Waals surface area (Å²) in [5.41, 5.74) is 0. The predicted octanol–water partition coefficient (Wildman–Crippen LogP) is 2.84. The van der Waals surface area contributed by atoms with E-state index >= 15 is 0 Å². The predicted molar refractivity (Wildman–Crippen MR) is 47.3 cm³/mol. The van der Waals surface area contributed by atoms with E-state index in [4.69, 9.17) is 0 Å². The van der Waals surface area contributed by atoms with Crippen molar-refractivity contribution < 1.29 is 4.79 Å². The van der Waals surface area contributed by atoms with Crippen LogP contribution in [-0.2, 0) is 4.79 Å². The van der Waals surface area contributed by atoms with E-state index in [1.54, 1.807) is 6.92 Å². The lowest BCUT2D eigenvalue weighted by atomic mass is 10.2. The van der Waals surface area contributed by atoms with Gasteiger partial charge in [0.1, 0.15) is 0 Å². The summed E-state index contributed by atoms with van der Waals surface area (Å²) in [4.78, 5) is 10.7. The van der Waals surface area contributed by atoms with Gasteiger partial charge in [-0.2, -0.15) is 0 Å². The topological polar surface area (TPSA) is 17.1 Å². The average Bonchev–Trinajstić information content (AvgIpc) is 1.86. The molecule has 2 heteroatoms. The molecule has 60 valence electrons. The fourth-order valence-corrected chi connectivity index (χ4v) is 1.89. The minimum Gasteiger partial charge on any atom is -0.288 e. The Morgan fingerprint density at radius 3 is 2.40 bits per heavy atom. The van der Waals surface area contributed by atoms with Crippen molar-refractivity contribution in [3.05, 3.63) is 0 Å². The Bertz CT molecular complexity index is 101. The van der Waals surface area contributed by atoms with Gasteiger partial charge in [0, 0.05) is 12.2 Å². The number of hydrogen-bond acceptors (Lipinski definition) is 2. The highest BCUT2D eigenvalue weighted by Crippen LogP contribution is 2.19. The second kappa shape index (κ2) is 5.78. The molecule has 0 aromatic rings. The maximum atomic E-state index is 10.7. The normalized spacial score (nSPS) is 13.1. The zero-order valence-corrected chi connectivity index (χ0v) is 7.83. The van der Waals surface area contributed by atoms with Gasteiger partial charge >= 0.3 is 0 Å². The fraction of sp³-hybridized carbons (Fsp3) is 0.875. The molecule has 0 aliphatic heterocycles. The summed E-state index contributed by atoms with van der Waals surface area (Å²) < 4.78 is 0. The Labute approximate surface area is 67.6 Å². The van der Waals surface area contributed by atoms with Gasteiger partial charge < -0.3 is 0 Å². The van der Waals surface area contributed by atoms with Gasteiger partial charge in [0.05, 0.1) is 0 Å². The average molecular weight is 160 g/mol. The van der Waals surface area contributed by atoms with Crippen molar-refractivity contribution in [2.24, 2.45) is 0 Å². The Balaban J connectivity index is 3.49. The molecule has 1 unspecified atom stereocenters. The van der Waals surface area contributed by atoms with E-state index < -0.39 is 0 Å². The summed E-state index contributed by atoms with van der Waals surface area (Å²) in [6.45, 7) is 5.93. The van der Waals surface area contributed by atoms with Crippen molar-refractivity contribution in [3.63, 3.8) is 0 Å². The molecule has 0 bridgehead atoms. The molecule has 0 N–H and O–H groups in total. The molecule has 0 radical (unpaired) electrons. The number of rotatable bonds is 4. The molecule has 0 amide bonds. The number of thioether (sulfide) groups is 1. The molecular formula is C8H16OS. The molecule has 0 aromatic heterocycles. The third-order valence-electron chi connectivity index (χ3n) is 1.40. The molecule has 1 atom stereocenters. The van der Waals surface area contributed by atoms with Gasteiger partial charge in [-0.25, -0.2) is 0 Å². The van der Waals surface area contributed by atoms with E-state index in [1.807, 2.05) is 0 Å². The Morgan fingerprint density at radius 2 is 2.10 bits per heavy atom. The molecule has 1 nitrogen and oxygen atoms in total. The van der Waals surface area contributed by atoms with E-state index in [0.29, 0.717) is 5.25 Å². The lowest BCUT2D eigenvalue weighted by Gasteiger charge is -2.09. The third-order valence-corrected chi connectivity index (χ3v) is 2.63. The second-order valence-electron chi connectivity index (χ2n) is 2.43. The summed E-state index contributed by atoms with van der Waals surface area (Å²) >= 11 is 1.49. The minimum atomic E-state index is 0.250. The fourth-order valence-electron chi connectivity index (χ4n) is 0.903. The van der Waals surface area contributed by atoms with Crippen LogP contribution in [0.2, 0.25) is 0 Å². The first kappa shape index (κ1) is 10.0. The molecule has 0 spiro atoms. The number of carbonyl (C=O) groups is 1. The van der Waals surface area contributed by atoms with Crippen LogP contribution in [0.25, 0.3) is 0 Å². The zero-order valence-electron chi connectivity index (χ0n) is 7.02. The van der Waals surface area contributed by atoms with Crippen LogP contribution in [0.5, 0.6) is 0 Å². The van der Waals surface area contributed by atoms with E-state index in [-0.39, 0.29) is 5.12 Å². The third kappa shape index (κ3) is 4.86. The van der Waals surface area contributed by atoms with Crippen molar-refractivity contribution in [1.82, 2.24) is 0 Å². The van der Waals surface area contributed by atoms with E-state index in [2.05, 4.69) is 13.8 Å². The van der Waals surface area contributed by atoms with Crippen molar-refractivity contribution in [2.75, 3.05) is 0 Å². The molecule has 10 heavy (non-hydrogen) atoms. The van der Waals surface area contributed by atoms with Crippen LogP contribution < -0.4 is 0 Å². The first-order valence-corrected chi connectivity index (χ1v) is 4.75. The van der Waals surface area contributed by atoms with Crippen LogP contribution >= 0.6 is 11.8 Å². The number of carbonyl (C=O) groups excluding carboxylic acids is 1. The van der Waals surface area contributed by atoms with Gasteiger partial charge in [0.15, 0.2) is 5.12 Å². The molecule has 0 fully saturated rings. The van der Waals surface area contributed by atoms with Gasteiger partial charge in [-0.05, 0) is 12.8 Å². The van der Waals surface area contributed by atoms with Gasteiger partial charge in [-0.1, -0.05) is 32.0 Å². The van der Waals surface area contributed by atoms with Gasteiger partial charge in [0.25, 0.3) is 0 Å². The summed E-state index contributed by atoms with van der Waals surface area (Å²) in [5.74, 6) is 0. The highest BCUT2D eigenvalue weighted by Gasteiger charge is 2.07. The summed E-state index contributed by atoms with van der Waals surface area (Å²) in [6.07, 6.45) is 3.46. The molecule has 0 heterocycles. The van der Waals surface area contributed by atoms with Crippen molar-refractivity contribution in [3.8, 4) is 0 Å². The highest BCUT2D eigenvalue weighted by molar-refractivity contribution is 8.14. The smallest absolute Gasteiger partial charge is 0.186 e. The van der Waals surface area contributed by atoms with Gasteiger partial charge in [-0.3, -0.25) is 4.79 Å². The lowest BCUT2D eigenvalue weighted by Crippen LogP contribution is -2.02. The molecular weight excluding hydrogens is 144 g/mol. The summed E-state index contributed by atoms with van der Waals surface area (Å²) in [7, 11) is 0. The Hall–Kier alpha value is 0.0200. The van der Waals surface area contributed by atoms with Crippen LogP contribution in [0.3, 0.4) is 0 Å². The van der Waals surface area contributed by atoms with Crippen molar-refractivity contribution in [2.45, 2.75) is 45.3 Å². The minimum absolute atomic E-state index is 0.250. The van der Waals surface area contributed by atoms with Crippen molar-refractivity contribution in [1.29, 1.82) is 0 Å². The SMILES string of the molecule is CCCC(CC)SC(C)=O. The molecule has 0 aliphatic rings. The standard InChI is InChI=1S/C8H16OS/c1-4-6-8(5-2)10-7(3)9/h8H,4-6H2,1-3H3. The van der Waals surface area contributed by atoms with Crippen molar-refractivity contribution >= 4 is 16.9 Å². The Morgan fingerprint density at radius 1 is 1.50 bits per heavy atom. The van der Waals surface area contributed by atoms with E-state index in [0.717, 1.165) is 6.42 Å². The van der Waals surface area contributed by atoms with Crippen LogP contribution in [0, 0.1) is 0 Å². The zero-order chi connectivity index (χ0) is 7.98. The summed E-state index contributed by atoms with van der Waals surface area (Å²) in [5, 5.41) is 0.808. The van der Waals surface area contributed by atoms with Gasteiger partial charge in [0.2, 0.25) is 0 Å². The van der Waals surface area contributed by atoms with Crippen LogP contribution in [0.15, 0.2) is 0 Å².